The van der Waals surface area contributed by atoms with Crippen LogP contribution >= 0.6 is 0 Å². The van der Waals surface area contributed by atoms with Crippen molar-refractivity contribution in [2.45, 2.75) is 30.4 Å². The largest absolute Gasteiger partial charge is 0.496 e. The van der Waals surface area contributed by atoms with Crippen LogP contribution in [-0.4, -0.2) is 114 Å². The molecular weight excluding hydrogens is 476 g/mol. The highest BCUT2D eigenvalue weighted by molar-refractivity contribution is 7.89. The van der Waals surface area contributed by atoms with Crippen molar-refractivity contribution in [3.8, 4) is 5.75 Å². The van der Waals surface area contributed by atoms with E-state index in [-0.39, 0.29) is 40.1 Å². The van der Waals surface area contributed by atoms with Gasteiger partial charge in [0.15, 0.2) is 0 Å². The van der Waals surface area contributed by atoms with Gasteiger partial charge in [-0.1, -0.05) is 0 Å². The predicted molar refractivity (Wildman–Crippen MR) is 131 cm³/mol. The minimum atomic E-state index is -3.86. The number of sulfonamides is 1. The summed E-state index contributed by atoms with van der Waals surface area (Å²) in [6.07, 6.45) is 0.368. The molecule has 12 nitrogen and oxygen atoms in total. The molecule has 0 aromatic heterocycles. The highest BCUT2D eigenvalue weighted by Crippen LogP contribution is 2.29. The molecule has 2 aliphatic heterocycles. The Morgan fingerprint density at radius 2 is 1.89 bits per heavy atom. The molecule has 0 bridgehead atoms. The molecule has 2 fully saturated rings. The van der Waals surface area contributed by atoms with Crippen LogP contribution in [0.4, 0.5) is 10.5 Å². The molecule has 1 aromatic carbocycles. The van der Waals surface area contributed by atoms with Gasteiger partial charge >= 0.3 is 6.03 Å². The van der Waals surface area contributed by atoms with Gasteiger partial charge in [-0.25, -0.2) is 17.9 Å². The van der Waals surface area contributed by atoms with E-state index >= 15 is 0 Å². The molecule has 2 saturated heterocycles. The zero-order valence-corrected chi connectivity index (χ0v) is 21.6. The molecule has 2 heterocycles. The van der Waals surface area contributed by atoms with Crippen molar-refractivity contribution in [2.24, 2.45) is 0 Å². The molecule has 0 aliphatic carbocycles. The van der Waals surface area contributed by atoms with Gasteiger partial charge in [0.1, 0.15) is 10.6 Å². The standard InChI is InChI=1S/C22H36N6O6S/c1-5-27-10-11-28(22(27)30)9-8-26-7-6-17(19(14-26)34-4)25-21(29)15-12-20(35(31,32)24-2)16(23)13-18(15)33-3/h12-13,17,19,24H,5-11,14,23H2,1-4H3,(H,25,29). The number of nitrogens with zero attached hydrogens (tertiary/aromatic N) is 3. The molecule has 2 aliphatic rings. The third-order valence-corrected chi connectivity index (χ3v) is 8.12. The molecule has 13 heteroatoms. The number of likely N-dealkylation sites (N-methyl/N-ethyl adjacent to an activating group) is 1. The zero-order valence-electron chi connectivity index (χ0n) is 20.7. The maximum Gasteiger partial charge on any atom is 0.320 e. The maximum atomic E-state index is 13.1. The van der Waals surface area contributed by atoms with E-state index in [1.807, 2.05) is 16.7 Å². The number of carbonyl (C=O) groups excluding carboxylic acids is 2. The average molecular weight is 513 g/mol. The fraction of sp³-hybridized carbons (Fsp3) is 0.636. The molecule has 3 rings (SSSR count). The number of hydrogen-bond acceptors (Lipinski definition) is 8. The number of urea groups is 1. The number of carbonyl (C=O) groups is 2. The minimum absolute atomic E-state index is 0.0191. The SMILES string of the molecule is CCN1CCN(CCN2CCC(NC(=O)c3cc(S(=O)(=O)NC)c(N)cc3OC)C(OC)C2)C1=O. The molecule has 0 spiro atoms. The van der Waals surface area contributed by atoms with Crippen molar-refractivity contribution in [3.05, 3.63) is 17.7 Å². The lowest BCUT2D eigenvalue weighted by atomic mass is 10.0. The second kappa shape index (κ2) is 11.4. The van der Waals surface area contributed by atoms with Gasteiger partial charge < -0.3 is 30.3 Å². The molecule has 1 aromatic rings. The highest BCUT2D eigenvalue weighted by Gasteiger charge is 2.33. The summed E-state index contributed by atoms with van der Waals surface area (Å²) in [6, 6.07) is 2.35. The van der Waals surface area contributed by atoms with E-state index in [9.17, 15) is 18.0 Å². The van der Waals surface area contributed by atoms with E-state index in [4.69, 9.17) is 15.2 Å². The Kier molecular flexibility index (Phi) is 8.80. The summed E-state index contributed by atoms with van der Waals surface area (Å²) in [5.74, 6) is -0.296. The molecule has 3 amide bonds. The quantitative estimate of drug-likeness (QED) is 0.364. The smallest absolute Gasteiger partial charge is 0.320 e. The van der Waals surface area contributed by atoms with Crippen molar-refractivity contribution < 1.29 is 27.5 Å². The fourth-order valence-electron chi connectivity index (χ4n) is 4.49. The van der Waals surface area contributed by atoms with Gasteiger partial charge in [-0.15, -0.1) is 0 Å². The van der Waals surface area contributed by atoms with Crippen molar-refractivity contribution in [2.75, 3.05) is 72.8 Å². The van der Waals surface area contributed by atoms with Crippen LogP contribution in [-0.2, 0) is 14.8 Å². The normalized spacial score (nSPS) is 21.4. The number of amides is 3. The van der Waals surface area contributed by atoms with Crippen LogP contribution < -0.4 is 20.5 Å². The van der Waals surface area contributed by atoms with Gasteiger partial charge in [-0.05, 0) is 26.5 Å². The van der Waals surface area contributed by atoms with E-state index < -0.39 is 15.9 Å². The lowest BCUT2D eigenvalue weighted by Gasteiger charge is -2.38. The number of piperidine rings is 1. The fourth-order valence-corrected chi connectivity index (χ4v) is 5.36. The molecule has 2 unspecified atom stereocenters. The number of nitrogens with one attached hydrogen (secondary N) is 2. The van der Waals surface area contributed by atoms with E-state index in [2.05, 4.69) is 14.9 Å². The van der Waals surface area contributed by atoms with Gasteiger partial charge in [0.2, 0.25) is 10.0 Å². The Hall–Kier alpha value is -2.61. The summed E-state index contributed by atoms with van der Waals surface area (Å²) in [5.41, 5.74) is 5.94. The second-order valence-corrected chi connectivity index (χ2v) is 10.4. The van der Waals surface area contributed by atoms with Crippen molar-refractivity contribution >= 4 is 27.6 Å². The first-order valence-corrected chi connectivity index (χ1v) is 13.1. The molecule has 0 radical (unpaired) electrons. The van der Waals surface area contributed by atoms with Crippen LogP contribution in [0.2, 0.25) is 0 Å². The number of likely N-dealkylation sites (tertiary alicyclic amines) is 1. The number of nitrogen functional groups attached to an aromatic ring is 1. The van der Waals surface area contributed by atoms with E-state index in [0.717, 1.165) is 26.2 Å². The summed E-state index contributed by atoms with van der Waals surface area (Å²) >= 11 is 0. The van der Waals surface area contributed by atoms with Crippen LogP contribution in [0.5, 0.6) is 5.75 Å². The lowest BCUT2D eigenvalue weighted by molar-refractivity contribution is 0.00513. The highest BCUT2D eigenvalue weighted by atomic mass is 32.2. The van der Waals surface area contributed by atoms with Gasteiger partial charge in [0.05, 0.1) is 30.5 Å². The molecule has 35 heavy (non-hydrogen) atoms. The third-order valence-electron chi connectivity index (χ3n) is 6.65. The summed E-state index contributed by atoms with van der Waals surface area (Å²) in [7, 11) is 0.395. The van der Waals surface area contributed by atoms with Crippen LogP contribution in [0.25, 0.3) is 0 Å². The van der Waals surface area contributed by atoms with Crippen LogP contribution in [0.1, 0.15) is 23.7 Å². The number of anilines is 1. The van der Waals surface area contributed by atoms with E-state index in [1.165, 1.54) is 26.3 Å². The number of methoxy groups -OCH3 is 2. The summed E-state index contributed by atoms with van der Waals surface area (Å²) < 4.78 is 37.8. The van der Waals surface area contributed by atoms with Crippen LogP contribution in [0.15, 0.2) is 17.0 Å². The monoisotopic (exact) mass is 512 g/mol. The average Bonchev–Trinajstić information content (AvgIpc) is 3.21. The summed E-state index contributed by atoms with van der Waals surface area (Å²) in [4.78, 5) is 31.2. The zero-order chi connectivity index (χ0) is 25.8. The topological polar surface area (TPSA) is 147 Å². The number of ether oxygens (including phenoxy) is 2. The summed E-state index contributed by atoms with van der Waals surface area (Å²) in [6.45, 7) is 6.88. The van der Waals surface area contributed by atoms with E-state index in [0.29, 0.717) is 26.1 Å². The van der Waals surface area contributed by atoms with Gasteiger partial charge in [0.25, 0.3) is 5.91 Å². The number of rotatable bonds is 10. The van der Waals surface area contributed by atoms with Gasteiger partial charge in [-0.2, -0.15) is 0 Å². The minimum Gasteiger partial charge on any atom is -0.496 e. The Morgan fingerprint density at radius 1 is 1.17 bits per heavy atom. The molecule has 196 valence electrons. The van der Waals surface area contributed by atoms with Crippen LogP contribution in [0.3, 0.4) is 0 Å². The number of benzene rings is 1. The van der Waals surface area contributed by atoms with E-state index in [1.54, 1.807) is 7.11 Å². The Balaban J connectivity index is 1.65. The Labute approximate surface area is 206 Å². The van der Waals surface area contributed by atoms with Crippen LogP contribution in [0, 0.1) is 0 Å². The first-order valence-electron chi connectivity index (χ1n) is 11.7. The lowest BCUT2D eigenvalue weighted by Crippen LogP contribution is -2.55. The summed E-state index contributed by atoms with van der Waals surface area (Å²) in [5, 5.41) is 2.97. The second-order valence-electron chi connectivity index (χ2n) is 8.59. The molecule has 0 saturated carbocycles. The Morgan fingerprint density at radius 3 is 2.49 bits per heavy atom. The first kappa shape index (κ1) is 27.0. The predicted octanol–water partition coefficient (Wildman–Crippen LogP) is -0.238. The van der Waals surface area contributed by atoms with Gasteiger partial charge in [0, 0.05) is 59.0 Å². The maximum absolute atomic E-state index is 13.1. The number of nitrogens with two attached hydrogens (primary N) is 1. The van der Waals surface area contributed by atoms with Crippen molar-refractivity contribution in [3.63, 3.8) is 0 Å². The number of hydrogen-bond donors (Lipinski definition) is 3. The first-order chi connectivity index (χ1) is 16.6. The van der Waals surface area contributed by atoms with Crippen molar-refractivity contribution in [1.82, 2.24) is 24.7 Å². The van der Waals surface area contributed by atoms with Gasteiger partial charge in [-0.3, -0.25) is 9.69 Å². The molecule has 4 N–H and O–H groups in total. The third kappa shape index (κ3) is 5.97. The molecule has 2 atom stereocenters. The Bertz CT molecular complexity index is 1040. The van der Waals surface area contributed by atoms with Crippen molar-refractivity contribution in [1.29, 1.82) is 0 Å². The molecular formula is C22H36N6O6S.